The maximum absolute atomic E-state index is 12.6. The van der Waals surface area contributed by atoms with Crippen molar-refractivity contribution in [2.24, 2.45) is 0 Å². The lowest BCUT2D eigenvalue weighted by Crippen LogP contribution is -2.44. The standard InChI is InChI=1S/C30H30Cl2N2O4/c1-34-27(21-10-13-24(31)14-11-21)15-12-23(29(34)22-8-5-9-25(32)17-22)18-38-19-28(35)33-26(30(36)37)16-20-6-3-2-4-7-20/h2-14,17,26-27,29H,15-16,18-19H2,1H3,(H,33,35)(H,36,37)/t26-,27?,29?/m0/s1. The molecule has 198 valence electrons. The minimum Gasteiger partial charge on any atom is -0.480 e. The minimum absolute atomic E-state index is 0.115. The molecule has 2 unspecified atom stereocenters. The molecule has 3 atom stereocenters. The van der Waals surface area contributed by atoms with Gasteiger partial charge in [0.2, 0.25) is 5.91 Å². The summed E-state index contributed by atoms with van der Waals surface area (Å²) in [5.74, 6) is -1.57. The molecule has 3 aromatic carbocycles. The Morgan fingerprint density at radius 3 is 2.42 bits per heavy atom. The van der Waals surface area contributed by atoms with E-state index in [9.17, 15) is 14.7 Å². The first-order valence-electron chi connectivity index (χ1n) is 12.4. The minimum atomic E-state index is -1.09. The maximum Gasteiger partial charge on any atom is 0.326 e. The number of hydrogen-bond donors (Lipinski definition) is 2. The van der Waals surface area contributed by atoms with E-state index < -0.39 is 17.9 Å². The van der Waals surface area contributed by atoms with Crippen LogP contribution in [0.4, 0.5) is 0 Å². The summed E-state index contributed by atoms with van der Waals surface area (Å²) in [7, 11) is 2.06. The number of nitrogens with one attached hydrogen (secondary N) is 1. The molecule has 1 heterocycles. The van der Waals surface area contributed by atoms with E-state index in [-0.39, 0.29) is 31.7 Å². The zero-order valence-corrected chi connectivity index (χ0v) is 22.5. The summed E-state index contributed by atoms with van der Waals surface area (Å²) in [6.07, 6.45) is 3.11. The average Bonchev–Trinajstić information content (AvgIpc) is 2.90. The molecule has 0 fully saturated rings. The molecule has 3 aromatic rings. The van der Waals surface area contributed by atoms with E-state index in [1.54, 1.807) is 0 Å². The predicted molar refractivity (Wildman–Crippen MR) is 149 cm³/mol. The quantitative estimate of drug-likeness (QED) is 0.307. The van der Waals surface area contributed by atoms with Gasteiger partial charge in [0.05, 0.1) is 12.6 Å². The van der Waals surface area contributed by atoms with Crippen molar-refractivity contribution in [3.8, 4) is 0 Å². The van der Waals surface area contributed by atoms with Crippen molar-refractivity contribution in [1.29, 1.82) is 0 Å². The first-order valence-corrected chi connectivity index (χ1v) is 13.1. The van der Waals surface area contributed by atoms with Crippen LogP contribution < -0.4 is 5.32 Å². The van der Waals surface area contributed by atoms with Crippen LogP contribution in [0.1, 0.15) is 35.2 Å². The summed E-state index contributed by atoms with van der Waals surface area (Å²) in [6, 6.07) is 23.7. The highest BCUT2D eigenvalue weighted by molar-refractivity contribution is 6.30. The highest BCUT2D eigenvalue weighted by atomic mass is 35.5. The Labute approximate surface area is 232 Å². The van der Waals surface area contributed by atoms with Gasteiger partial charge in [0.15, 0.2) is 0 Å². The van der Waals surface area contributed by atoms with Gasteiger partial charge in [-0.1, -0.05) is 83.9 Å². The molecule has 0 radical (unpaired) electrons. The molecule has 0 bridgehead atoms. The molecular formula is C30H30Cl2N2O4. The van der Waals surface area contributed by atoms with Crippen molar-refractivity contribution >= 4 is 35.1 Å². The Morgan fingerprint density at radius 1 is 1.00 bits per heavy atom. The van der Waals surface area contributed by atoms with Crippen molar-refractivity contribution in [2.75, 3.05) is 20.3 Å². The Bertz CT molecular complexity index is 1280. The lowest BCUT2D eigenvalue weighted by Gasteiger charge is -2.40. The van der Waals surface area contributed by atoms with Gasteiger partial charge in [-0.25, -0.2) is 4.79 Å². The third kappa shape index (κ3) is 7.23. The van der Waals surface area contributed by atoms with Crippen molar-refractivity contribution in [3.05, 3.63) is 117 Å². The number of hydrogen-bond acceptors (Lipinski definition) is 4. The maximum atomic E-state index is 12.6. The van der Waals surface area contributed by atoms with E-state index in [1.807, 2.05) is 78.9 Å². The zero-order valence-electron chi connectivity index (χ0n) is 21.0. The fourth-order valence-electron chi connectivity index (χ4n) is 4.85. The van der Waals surface area contributed by atoms with Crippen LogP contribution in [0.5, 0.6) is 0 Å². The van der Waals surface area contributed by atoms with Crippen LogP contribution in [0.3, 0.4) is 0 Å². The topological polar surface area (TPSA) is 78.9 Å². The van der Waals surface area contributed by atoms with Gasteiger partial charge < -0.3 is 15.2 Å². The number of carbonyl (C=O) groups excluding carboxylic acids is 1. The van der Waals surface area contributed by atoms with Crippen molar-refractivity contribution < 1.29 is 19.4 Å². The van der Waals surface area contributed by atoms with Gasteiger partial charge in [-0.3, -0.25) is 9.69 Å². The molecule has 0 saturated carbocycles. The highest BCUT2D eigenvalue weighted by Crippen LogP contribution is 2.41. The van der Waals surface area contributed by atoms with Gasteiger partial charge in [-0.2, -0.15) is 0 Å². The van der Waals surface area contributed by atoms with Crippen LogP contribution in [0.25, 0.3) is 0 Å². The van der Waals surface area contributed by atoms with Crippen molar-refractivity contribution in [3.63, 3.8) is 0 Å². The molecule has 1 aliphatic heterocycles. The summed E-state index contributed by atoms with van der Waals surface area (Å²) < 4.78 is 5.80. The van der Waals surface area contributed by atoms with Gasteiger partial charge in [-0.15, -0.1) is 0 Å². The van der Waals surface area contributed by atoms with Crippen LogP contribution in [-0.2, 0) is 20.7 Å². The molecule has 8 heteroatoms. The molecular weight excluding hydrogens is 523 g/mol. The zero-order chi connectivity index (χ0) is 27.1. The average molecular weight is 553 g/mol. The largest absolute Gasteiger partial charge is 0.480 e. The molecule has 0 saturated heterocycles. The normalized spacial score (nSPS) is 18.4. The van der Waals surface area contributed by atoms with E-state index >= 15 is 0 Å². The smallest absolute Gasteiger partial charge is 0.326 e. The van der Waals surface area contributed by atoms with E-state index in [2.05, 4.69) is 23.3 Å². The second-order valence-corrected chi connectivity index (χ2v) is 10.2. The lowest BCUT2D eigenvalue weighted by molar-refractivity contribution is -0.142. The molecule has 4 rings (SSSR count). The molecule has 0 spiro atoms. The third-order valence-corrected chi connectivity index (χ3v) is 7.18. The fourth-order valence-corrected chi connectivity index (χ4v) is 5.17. The van der Waals surface area contributed by atoms with E-state index in [4.69, 9.17) is 27.9 Å². The first kappa shape index (κ1) is 27.9. The number of carboxylic acid groups (broad SMARTS) is 1. The van der Waals surface area contributed by atoms with Crippen LogP contribution >= 0.6 is 23.2 Å². The van der Waals surface area contributed by atoms with Crippen LogP contribution in [0.2, 0.25) is 10.0 Å². The second kappa shape index (κ2) is 13.1. The van der Waals surface area contributed by atoms with Crippen LogP contribution in [0.15, 0.2) is 90.5 Å². The molecule has 0 aliphatic carbocycles. The van der Waals surface area contributed by atoms with Gasteiger partial charge in [0.25, 0.3) is 0 Å². The van der Waals surface area contributed by atoms with Crippen molar-refractivity contribution in [2.45, 2.75) is 31.0 Å². The number of halogens is 2. The Hall–Kier alpha value is -3.16. The second-order valence-electron chi connectivity index (χ2n) is 9.35. The molecule has 0 aromatic heterocycles. The van der Waals surface area contributed by atoms with Crippen LogP contribution in [0, 0.1) is 0 Å². The number of carbonyl (C=O) groups is 2. The molecule has 1 aliphatic rings. The third-order valence-electron chi connectivity index (χ3n) is 6.69. The highest BCUT2D eigenvalue weighted by Gasteiger charge is 2.32. The van der Waals surface area contributed by atoms with E-state index in [1.165, 1.54) is 0 Å². The SMILES string of the molecule is CN1C(c2ccc(Cl)cc2)CC=C(COCC(=O)N[C@@H](Cc2ccccc2)C(=O)O)C1c1cccc(Cl)c1. The molecule has 38 heavy (non-hydrogen) atoms. The Balaban J connectivity index is 1.44. The number of carboxylic acids is 1. The number of likely N-dealkylation sites (N-methyl/N-ethyl adjacent to an activating group) is 1. The number of aliphatic carboxylic acids is 1. The molecule has 2 N–H and O–H groups in total. The summed E-state index contributed by atoms with van der Waals surface area (Å²) in [4.78, 5) is 26.5. The number of amides is 1. The lowest BCUT2D eigenvalue weighted by atomic mass is 9.88. The van der Waals surface area contributed by atoms with Gasteiger partial charge in [0, 0.05) is 22.5 Å². The first-order chi connectivity index (χ1) is 18.3. The summed E-state index contributed by atoms with van der Waals surface area (Å²) in [6.45, 7) is -0.0266. The Kier molecular flexibility index (Phi) is 9.58. The van der Waals surface area contributed by atoms with Gasteiger partial charge in [-0.05, 0) is 60.0 Å². The monoisotopic (exact) mass is 552 g/mol. The van der Waals surface area contributed by atoms with Crippen LogP contribution in [-0.4, -0.2) is 48.2 Å². The van der Waals surface area contributed by atoms with E-state index in [0.717, 1.165) is 28.7 Å². The number of ether oxygens (including phenoxy) is 1. The molecule has 1 amide bonds. The van der Waals surface area contributed by atoms with Gasteiger partial charge >= 0.3 is 5.97 Å². The van der Waals surface area contributed by atoms with Gasteiger partial charge in [0.1, 0.15) is 12.6 Å². The van der Waals surface area contributed by atoms with Crippen molar-refractivity contribution in [1.82, 2.24) is 10.2 Å². The number of nitrogens with zero attached hydrogens (tertiary/aromatic N) is 1. The summed E-state index contributed by atoms with van der Waals surface area (Å²) in [5.41, 5.74) is 4.01. The number of benzene rings is 3. The number of rotatable bonds is 10. The molecule has 6 nitrogen and oxygen atoms in total. The summed E-state index contributed by atoms with van der Waals surface area (Å²) in [5, 5.41) is 13.5. The summed E-state index contributed by atoms with van der Waals surface area (Å²) >= 11 is 12.4. The predicted octanol–water partition coefficient (Wildman–Crippen LogP) is 5.87. The fraction of sp³-hybridized carbons (Fsp3) is 0.267. The van der Waals surface area contributed by atoms with E-state index in [0.29, 0.717) is 10.0 Å². The Morgan fingerprint density at radius 2 is 1.74 bits per heavy atom.